The zero-order valence-corrected chi connectivity index (χ0v) is 37.2. The summed E-state index contributed by atoms with van der Waals surface area (Å²) in [5.74, 6) is 0. The van der Waals surface area contributed by atoms with Crippen molar-refractivity contribution in [2.45, 2.75) is 5.41 Å². The number of nitrogens with zero attached hydrogens (tertiary/aromatic N) is 2. The third-order valence-electron chi connectivity index (χ3n) is 13.3. The van der Waals surface area contributed by atoms with E-state index in [-0.39, 0.29) is 0 Å². The minimum absolute atomic E-state index is 0.665. The largest absolute Gasteiger partial charge is 0.310 e. The average molecular weight is 857 g/mol. The van der Waals surface area contributed by atoms with Crippen molar-refractivity contribution in [1.82, 2.24) is 0 Å². The van der Waals surface area contributed by atoms with Gasteiger partial charge in [-0.1, -0.05) is 213 Å². The Balaban J connectivity index is 1.15. The van der Waals surface area contributed by atoms with Crippen LogP contribution < -0.4 is 9.80 Å². The predicted molar refractivity (Wildman–Crippen MR) is 284 cm³/mol. The number of para-hydroxylation sites is 1. The first kappa shape index (κ1) is 41.0. The van der Waals surface area contributed by atoms with Crippen LogP contribution in [0.1, 0.15) is 27.8 Å². The molecule has 318 valence electrons. The number of fused-ring (bicyclic) bond motifs is 4. The van der Waals surface area contributed by atoms with E-state index >= 15 is 0 Å². The van der Waals surface area contributed by atoms with Gasteiger partial charge in [-0.15, -0.1) is 0 Å². The first-order chi connectivity index (χ1) is 33.1. The van der Waals surface area contributed by atoms with Crippen LogP contribution >= 0.6 is 0 Å². The second kappa shape index (κ2) is 17.7. The SMILES string of the molecule is C=C/C=C(\C=C)c1ccc(N(c2ccc(-c3ccccc3)cc2)c2ccc3c(c2)C(c2ccccc2)(c2ccccc2)c2cc(N(c4ccccc4)c4cccc5ccccc45)ccc2-3)cc1. The molecule has 2 nitrogen and oxygen atoms in total. The van der Waals surface area contributed by atoms with Gasteiger partial charge in [-0.05, 0) is 128 Å². The second-order valence-electron chi connectivity index (χ2n) is 17.0. The maximum atomic E-state index is 4.08. The Morgan fingerprint density at radius 1 is 0.388 bits per heavy atom. The number of hydrogen-bond donors (Lipinski definition) is 0. The number of allylic oxidation sites excluding steroid dienone is 4. The Kier molecular flexibility index (Phi) is 10.8. The van der Waals surface area contributed by atoms with Gasteiger partial charge in [0.15, 0.2) is 0 Å². The third-order valence-corrected chi connectivity index (χ3v) is 13.3. The predicted octanol–water partition coefficient (Wildman–Crippen LogP) is 17.6. The molecule has 1 aliphatic carbocycles. The lowest BCUT2D eigenvalue weighted by molar-refractivity contribution is 0.768. The van der Waals surface area contributed by atoms with Crippen molar-refractivity contribution in [2.75, 3.05) is 9.80 Å². The summed E-state index contributed by atoms with van der Waals surface area (Å²) < 4.78 is 0. The van der Waals surface area contributed by atoms with Gasteiger partial charge in [-0.2, -0.15) is 0 Å². The summed E-state index contributed by atoms with van der Waals surface area (Å²) in [6, 6.07) is 90.7. The molecular formula is C65H48N2. The van der Waals surface area contributed by atoms with E-state index in [1.807, 2.05) is 18.2 Å². The quantitative estimate of drug-likeness (QED) is 0.113. The Labute approximate surface area is 394 Å². The van der Waals surface area contributed by atoms with Gasteiger partial charge in [0.05, 0.1) is 11.1 Å². The highest BCUT2D eigenvalue weighted by molar-refractivity contribution is 6.00. The summed E-state index contributed by atoms with van der Waals surface area (Å²) in [6.45, 7) is 8.03. The van der Waals surface area contributed by atoms with Crippen LogP contribution in [0.3, 0.4) is 0 Å². The standard InChI is InChI=1S/C65H48N2/c1-3-20-47(4-2)49-33-37-55(38-34-49)66(56-39-35-50(36-40-56)48-21-9-5-10-22-48)57-41-43-60-61-44-42-58(67(54-29-15-8-16-30-54)64-32-19-24-51-23-17-18-31-59(51)64)46-63(61)65(62(60)45-57,52-25-11-6-12-26-52)53-27-13-7-14-28-53/h3-46H,1-2H2/b47-20+. The highest BCUT2D eigenvalue weighted by atomic mass is 15.1. The molecule has 0 saturated heterocycles. The summed E-state index contributed by atoms with van der Waals surface area (Å²) in [5, 5.41) is 2.40. The van der Waals surface area contributed by atoms with Crippen LogP contribution in [0.15, 0.2) is 280 Å². The lowest BCUT2D eigenvalue weighted by Crippen LogP contribution is -2.29. The fraction of sp³-hybridized carbons (Fsp3) is 0.0154. The Morgan fingerprint density at radius 3 is 1.43 bits per heavy atom. The molecule has 0 fully saturated rings. The number of hydrogen-bond acceptors (Lipinski definition) is 2. The molecule has 10 aromatic carbocycles. The van der Waals surface area contributed by atoms with Crippen LogP contribution in [0.25, 0.3) is 38.6 Å². The second-order valence-corrected chi connectivity index (χ2v) is 17.0. The van der Waals surface area contributed by atoms with Crippen LogP contribution in [0.4, 0.5) is 34.1 Å². The van der Waals surface area contributed by atoms with Crippen molar-refractivity contribution < 1.29 is 0 Å². The molecule has 0 N–H and O–H groups in total. The van der Waals surface area contributed by atoms with E-state index in [0.29, 0.717) is 0 Å². The smallest absolute Gasteiger partial charge is 0.0715 e. The van der Waals surface area contributed by atoms with E-state index in [9.17, 15) is 0 Å². The van der Waals surface area contributed by atoms with Gasteiger partial charge >= 0.3 is 0 Å². The molecule has 0 radical (unpaired) electrons. The molecule has 67 heavy (non-hydrogen) atoms. The van der Waals surface area contributed by atoms with Crippen molar-refractivity contribution in [1.29, 1.82) is 0 Å². The molecule has 2 heteroatoms. The van der Waals surface area contributed by atoms with Gasteiger partial charge in [0.25, 0.3) is 0 Å². The number of rotatable bonds is 12. The van der Waals surface area contributed by atoms with Gasteiger partial charge in [0, 0.05) is 33.8 Å². The fourth-order valence-corrected chi connectivity index (χ4v) is 10.2. The summed E-state index contributed by atoms with van der Waals surface area (Å²) in [5.41, 5.74) is 17.6. The summed E-state index contributed by atoms with van der Waals surface area (Å²) in [4.78, 5) is 4.81. The summed E-state index contributed by atoms with van der Waals surface area (Å²) in [6.07, 6.45) is 5.69. The monoisotopic (exact) mass is 856 g/mol. The first-order valence-corrected chi connectivity index (χ1v) is 22.9. The third kappa shape index (κ3) is 7.26. The zero-order valence-electron chi connectivity index (χ0n) is 37.2. The van der Waals surface area contributed by atoms with Crippen molar-refractivity contribution in [3.8, 4) is 22.3 Å². The molecule has 0 atom stereocenters. The van der Waals surface area contributed by atoms with Crippen LogP contribution in [0, 0.1) is 0 Å². The van der Waals surface area contributed by atoms with Gasteiger partial charge in [0.2, 0.25) is 0 Å². The number of benzene rings is 10. The maximum absolute atomic E-state index is 4.08. The number of anilines is 6. The van der Waals surface area contributed by atoms with Crippen molar-refractivity contribution >= 4 is 50.5 Å². The molecule has 11 rings (SSSR count). The molecule has 0 saturated carbocycles. The molecule has 0 aliphatic heterocycles. The molecule has 0 spiro atoms. The average Bonchev–Trinajstić information content (AvgIpc) is 3.69. The normalized spacial score (nSPS) is 12.5. The minimum Gasteiger partial charge on any atom is -0.310 e. The van der Waals surface area contributed by atoms with Crippen molar-refractivity contribution in [3.05, 3.63) is 308 Å². The molecule has 0 amide bonds. The zero-order chi connectivity index (χ0) is 45.2. The highest BCUT2D eigenvalue weighted by Crippen LogP contribution is 2.58. The Morgan fingerprint density at radius 2 is 0.851 bits per heavy atom. The molecule has 0 unspecified atom stereocenters. The van der Waals surface area contributed by atoms with Gasteiger partial charge in [0.1, 0.15) is 0 Å². The van der Waals surface area contributed by atoms with Crippen molar-refractivity contribution in [3.63, 3.8) is 0 Å². The van der Waals surface area contributed by atoms with E-state index in [1.54, 1.807) is 0 Å². The Bertz CT molecular complexity index is 3360. The van der Waals surface area contributed by atoms with E-state index in [1.165, 1.54) is 55.3 Å². The molecular weight excluding hydrogens is 809 g/mol. The van der Waals surface area contributed by atoms with Crippen LogP contribution in [-0.2, 0) is 5.41 Å². The highest BCUT2D eigenvalue weighted by Gasteiger charge is 2.47. The molecule has 1 aliphatic rings. The Hall–Kier alpha value is -8.72. The maximum Gasteiger partial charge on any atom is 0.0715 e. The van der Waals surface area contributed by atoms with E-state index in [4.69, 9.17) is 0 Å². The van der Waals surface area contributed by atoms with Crippen LogP contribution in [-0.4, -0.2) is 0 Å². The van der Waals surface area contributed by atoms with E-state index < -0.39 is 5.41 Å². The van der Waals surface area contributed by atoms with Gasteiger partial charge in [-0.3, -0.25) is 0 Å². The molecule has 0 heterocycles. The lowest BCUT2D eigenvalue weighted by Gasteiger charge is -2.35. The minimum atomic E-state index is -0.665. The molecule has 0 aromatic heterocycles. The topological polar surface area (TPSA) is 6.48 Å². The summed E-state index contributed by atoms with van der Waals surface area (Å²) >= 11 is 0. The molecule has 0 bridgehead atoms. The van der Waals surface area contributed by atoms with Crippen LogP contribution in [0.2, 0.25) is 0 Å². The summed E-state index contributed by atoms with van der Waals surface area (Å²) in [7, 11) is 0. The van der Waals surface area contributed by atoms with E-state index in [0.717, 1.165) is 45.3 Å². The first-order valence-electron chi connectivity index (χ1n) is 22.9. The fourth-order valence-electron chi connectivity index (χ4n) is 10.2. The van der Waals surface area contributed by atoms with Crippen LogP contribution in [0.5, 0.6) is 0 Å². The lowest BCUT2D eigenvalue weighted by atomic mass is 9.67. The van der Waals surface area contributed by atoms with Gasteiger partial charge in [-0.25, -0.2) is 0 Å². The van der Waals surface area contributed by atoms with Gasteiger partial charge < -0.3 is 9.80 Å². The van der Waals surface area contributed by atoms with E-state index in [2.05, 4.69) is 272 Å². The molecule has 10 aromatic rings. The van der Waals surface area contributed by atoms with Crippen molar-refractivity contribution in [2.24, 2.45) is 0 Å².